The molecule has 1 aliphatic rings. The average Bonchev–Trinajstić information content (AvgIpc) is 2.55. The first kappa shape index (κ1) is 14.2. The number of aromatic nitrogens is 2. The van der Waals surface area contributed by atoms with E-state index in [1.807, 2.05) is 30.3 Å². The van der Waals surface area contributed by atoms with E-state index >= 15 is 0 Å². The number of benzene rings is 1. The first-order chi connectivity index (χ1) is 10.6. The molecule has 0 fully saturated rings. The average molecular weight is 297 g/mol. The van der Waals surface area contributed by atoms with Crippen LogP contribution in [0.4, 0.5) is 5.95 Å². The van der Waals surface area contributed by atoms with Crippen LogP contribution in [0.1, 0.15) is 16.9 Å². The first-order valence-electron chi connectivity index (χ1n) is 6.86. The number of nitrogens with zero attached hydrogens (tertiary/aromatic N) is 4. The van der Waals surface area contributed by atoms with Gasteiger partial charge in [0, 0.05) is 24.7 Å². The largest absolute Gasteiger partial charge is 0.364 e. The Hall–Kier alpha value is -2.80. The van der Waals surface area contributed by atoms with Crippen LogP contribution in [0.2, 0.25) is 0 Å². The molecule has 0 saturated carbocycles. The summed E-state index contributed by atoms with van der Waals surface area (Å²) in [5.41, 5.74) is 6.86. The fourth-order valence-electron chi connectivity index (χ4n) is 2.21. The third-order valence-corrected chi connectivity index (χ3v) is 3.31. The maximum Gasteiger partial charge on any atom is 0.267 e. The van der Waals surface area contributed by atoms with Crippen LogP contribution in [-0.2, 0) is 0 Å². The quantitative estimate of drug-likeness (QED) is 0.872. The summed E-state index contributed by atoms with van der Waals surface area (Å²) >= 11 is 0. The van der Waals surface area contributed by atoms with Gasteiger partial charge in [0.15, 0.2) is 0 Å². The number of carbonyl (C=O) groups excluding carboxylic acids is 1. The molecule has 0 bridgehead atoms. The lowest BCUT2D eigenvalue weighted by molar-refractivity contribution is 0.0995. The van der Waals surface area contributed by atoms with Crippen LogP contribution >= 0.6 is 0 Å². The van der Waals surface area contributed by atoms with Crippen LogP contribution in [0.25, 0.3) is 11.3 Å². The molecule has 7 heteroatoms. The zero-order chi connectivity index (χ0) is 15.5. The standard InChI is InChI=1S/C15H15N5O2/c16-13(21)12-9-11(10-5-2-1-3-6-10)18-14(19-12)20-8-4-7-17-15(20)22/h1-3,5-7,9,15,22H,4,8H2,(H2,16,21). The molecule has 1 aliphatic heterocycles. The van der Waals surface area contributed by atoms with Crippen LogP contribution in [-0.4, -0.2) is 40.1 Å². The van der Waals surface area contributed by atoms with E-state index in [1.165, 1.54) is 4.90 Å². The topological polar surface area (TPSA) is 105 Å². The molecule has 3 N–H and O–H groups in total. The molecule has 1 unspecified atom stereocenters. The van der Waals surface area contributed by atoms with Gasteiger partial charge in [0.2, 0.25) is 12.3 Å². The second-order valence-corrected chi connectivity index (χ2v) is 4.83. The molecule has 2 heterocycles. The highest BCUT2D eigenvalue weighted by atomic mass is 16.3. The van der Waals surface area contributed by atoms with E-state index in [1.54, 1.807) is 12.3 Å². The molecule has 1 atom stereocenters. The van der Waals surface area contributed by atoms with Crippen molar-refractivity contribution in [2.24, 2.45) is 10.7 Å². The lowest BCUT2D eigenvalue weighted by Crippen LogP contribution is -2.39. The van der Waals surface area contributed by atoms with E-state index < -0.39 is 12.3 Å². The Balaban J connectivity index is 2.08. The number of aliphatic hydroxyl groups is 1. The van der Waals surface area contributed by atoms with Crippen LogP contribution in [0, 0.1) is 0 Å². The molecular formula is C15H15N5O2. The lowest BCUT2D eigenvalue weighted by Gasteiger charge is -2.27. The van der Waals surface area contributed by atoms with Crippen molar-refractivity contribution < 1.29 is 9.90 Å². The third kappa shape index (κ3) is 2.79. The molecule has 7 nitrogen and oxygen atoms in total. The monoisotopic (exact) mass is 297 g/mol. The van der Waals surface area contributed by atoms with Crippen LogP contribution < -0.4 is 10.6 Å². The maximum atomic E-state index is 11.5. The van der Waals surface area contributed by atoms with Crippen molar-refractivity contribution in [3.63, 3.8) is 0 Å². The van der Waals surface area contributed by atoms with Crippen molar-refractivity contribution in [3.8, 4) is 11.3 Å². The van der Waals surface area contributed by atoms with Crippen LogP contribution in [0.15, 0.2) is 41.4 Å². The van der Waals surface area contributed by atoms with Crippen molar-refractivity contribution in [1.29, 1.82) is 0 Å². The van der Waals surface area contributed by atoms with Gasteiger partial charge in [-0.1, -0.05) is 30.3 Å². The highest BCUT2D eigenvalue weighted by Gasteiger charge is 2.22. The number of aliphatic hydroxyl groups excluding tert-OH is 1. The normalized spacial score (nSPS) is 17.5. The maximum absolute atomic E-state index is 11.5. The zero-order valence-corrected chi connectivity index (χ0v) is 11.8. The van der Waals surface area contributed by atoms with Gasteiger partial charge in [-0.05, 0) is 6.07 Å². The summed E-state index contributed by atoms with van der Waals surface area (Å²) in [4.78, 5) is 25.5. The van der Waals surface area contributed by atoms with E-state index in [0.29, 0.717) is 18.7 Å². The van der Waals surface area contributed by atoms with Gasteiger partial charge in [-0.2, -0.15) is 0 Å². The molecule has 1 aromatic heterocycles. The molecular weight excluding hydrogens is 282 g/mol. The Morgan fingerprint density at radius 2 is 2.05 bits per heavy atom. The molecule has 0 radical (unpaired) electrons. The summed E-state index contributed by atoms with van der Waals surface area (Å²) in [6, 6.07) is 10.9. The number of aliphatic imine (C=N–C) groups is 1. The smallest absolute Gasteiger partial charge is 0.267 e. The van der Waals surface area contributed by atoms with Crippen molar-refractivity contribution >= 4 is 18.1 Å². The number of primary amides is 1. The van der Waals surface area contributed by atoms with E-state index in [9.17, 15) is 9.90 Å². The fraction of sp³-hybridized carbons (Fsp3) is 0.200. The van der Waals surface area contributed by atoms with Crippen LogP contribution in [0.5, 0.6) is 0 Å². The Labute approximate surface area is 127 Å². The van der Waals surface area contributed by atoms with Gasteiger partial charge in [-0.25, -0.2) is 15.0 Å². The number of carbonyl (C=O) groups is 1. The number of amides is 1. The van der Waals surface area contributed by atoms with E-state index in [2.05, 4.69) is 15.0 Å². The summed E-state index contributed by atoms with van der Waals surface area (Å²) in [6.07, 6.45) is 1.26. The fourth-order valence-corrected chi connectivity index (χ4v) is 2.21. The summed E-state index contributed by atoms with van der Waals surface area (Å²) in [7, 11) is 0. The molecule has 1 amide bonds. The number of hydrogen-bond donors (Lipinski definition) is 2. The Morgan fingerprint density at radius 3 is 2.73 bits per heavy atom. The van der Waals surface area contributed by atoms with Crippen molar-refractivity contribution in [2.75, 3.05) is 11.4 Å². The molecule has 112 valence electrons. The summed E-state index contributed by atoms with van der Waals surface area (Å²) in [6.45, 7) is 0.515. The Morgan fingerprint density at radius 1 is 1.27 bits per heavy atom. The summed E-state index contributed by atoms with van der Waals surface area (Å²) < 4.78 is 0. The SMILES string of the molecule is NC(=O)c1cc(-c2ccccc2)nc(N2CCC=NC2O)n1. The second kappa shape index (κ2) is 5.90. The molecule has 2 aromatic rings. The number of rotatable bonds is 3. The highest BCUT2D eigenvalue weighted by Crippen LogP contribution is 2.22. The first-order valence-corrected chi connectivity index (χ1v) is 6.86. The van der Waals surface area contributed by atoms with Gasteiger partial charge in [0.1, 0.15) is 5.69 Å². The van der Waals surface area contributed by atoms with E-state index in [4.69, 9.17) is 5.73 Å². The number of nitrogens with two attached hydrogens (primary N) is 1. The van der Waals surface area contributed by atoms with Gasteiger partial charge < -0.3 is 10.8 Å². The van der Waals surface area contributed by atoms with E-state index in [0.717, 1.165) is 5.56 Å². The molecule has 22 heavy (non-hydrogen) atoms. The third-order valence-electron chi connectivity index (χ3n) is 3.31. The van der Waals surface area contributed by atoms with Crippen molar-refractivity contribution in [2.45, 2.75) is 12.8 Å². The Bertz CT molecular complexity index is 717. The minimum atomic E-state index is -1.06. The minimum absolute atomic E-state index is 0.102. The lowest BCUT2D eigenvalue weighted by atomic mass is 10.1. The molecule has 1 aromatic carbocycles. The summed E-state index contributed by atoms with van der Waals surface area (Å²) in [5.74, 6) is -0.407. The predicted octanol–water partition coefficient (Wildman–Crippen LogP) is 0.799. The van der Waals surface area contributed by atoms with Gasteiger partial charge in [0.05, 0.1) is 5.69 Å². The Kier molecular flexibility index (Phi) is 3.80. The molecule has 0 aliphatic carbocycles. The summed E-state index contributed by atoms with van der Waals surface area (Å²) in [5, 5.41) is 9.95. The van der Waals surface area contributed by atoms with Crippen molar-refractivity contribution in [1.82, 2.24) is 9.97 Å². The predicted molar refractivity (Wildman–Crippen MR) is 82.4 cm³/mol. The minimum Gasteiger partial charge on any atom is -0.364 e. The van der Waals surface area contributed by atoms with Crippen molar-refractivity contribution in [3.05, 3.63) is 42.1 Å². The van der Waals surface area contributed by atoms with Crippen LogP contribution in [0.3, 0.4) is 0 Å². The number of hydrogen-bond acceptors (Lipinski definition) is 6. The van der Waals surface area contributed by atoms with E-state index in [-0.39, 0.29) is 11.6 Å². The second-order valence-electron chi connectivity index (χ2n) is 4.83. The molecule has 3 rings (SSSR count). The van der Waals surface area contributed by atoms with Gasteiger partial charge in [-0.3, -0.25) is 9.69 Å². The molecule has 0 spiro atoms. The highest BCUT2D eigenvalue weighted by molar-refractivity contribution is 5.92. The molecule has 0 saturated heterocycles. The van der Waals surface area contributed by atoms with Gasteiger partial charge >= 0.3 is 0 Å². The number of anilines is 1. The van der Waals surface area contributed by atoms with Gasteiger partial charge in [0.25, 0.3) is 5.91 Å². The van der Waals surface area contributed by atoms with Gasteiger partial charge in [-0.15, -0.1) is 0 Å². The zero-order valence-electron chi connectivity index (χ0n) is 11.8.